The molecule has 0 aliphatic heterocycles. The second-order valence-electron chi connectivity index (χ2n) is 5.05. The van der Waals surface area contributed by atoms with Gasteiger partial charge in [-0.15, -0.1) is 0 Å². The lowest BCUT2D eigenvalue weighted by Gasteiger charge is -2.08. The monoisotopic (exact) mass is 335 g/mol. The highest BCUT2D eigenvalue weighted by atomic mass is 16.5. The zero-order chi connectivity index (χ0) is 18.1. The van der Waals surface area contributed by atoms with Gasteiger partial charge in [0.2, 0.25) is 0 Å². The number of esters is 1. The normalized spacial score (nSPS) is 9.79. The number of rotatable bonds is 6. The van der Waals surface area contributed by atoms with Crippen molar-refractivity contribution in [1.29, 1.82) is 0 Å². The van der Waals surface area contributed by atoms with Crippen LogP contribution in [0.3, 0.4) is 0 Å². The molecule has 1 rings (SSSR count). The Morgan fingerprint density at radius 1 is 1.04 bits per heavy atom. The van der Waals surface area contributed by atoms with Crippen molar-refractivity contribution in [2.45, 2.75) is 20.8 Å². The number of urea groups is 1. The highest BCUT2D eigenvalue weighted by Crippen LogP contribution is 2.09. The molecule has 24 heavy (non-hydrogen) atoms. The summed E-state index contributed by atoms with van der Waals surface area (Å²) in [6.07, 6.45) is 0. The molecule has 8 nitrogen and oxygen atoms in total. The average Bonchev–Trinajstić information content (AvgIpc) is 2.53. The number of hydrogen-bond donors (Lipinski definition) is 3. The smallest absolute Gasteiger partial charge is 0.325 e. The molecule has 0 heterocycles. The summed E-state index contributed by atoms with van der Waals surface area (Å²) >= 11 is 0. The highest BCUT2D eigenvalue weighted by Gasteiger charge is 2.12. The Bertz CT molecular complexity index is 643. The number of hydrogen-bond acceptors (Lipinski definition) is 5. The molecule has 0 aromatic heterocycles. The standard InChI is InChI=1S/C16H21N3O5/c1-4-17-16(23)19-13(20)9-24-14(21)8-18-15(22)12-6-5-10(2)11(3)7-12/h5-7H,4,8-9H2,1-3H3,(H,18,22)(H2,17,19,20,23). The van der Waals surface area contributed by atoms with E-state index in [1.807, 2.05) is 25.2 Å². The average molecular weight is 335 g/mol. The zero-order valence-corrected chi connectivity index (χ0v) is 13.9. The molecular weight excluding hydrogens is 314 g/mol. The van der Waals surface area contributed by atoms with Gasteiger partial charge in [0, 0.05) is 12.1 Å². The predicted molar refractivity (Wildman–Crippen MR) is 86.4 cm³/mol. The van der Waals surface area contributed by atoms with Gasteiger partial charge >= 0.3 is 12.0 Å². The molecule has 130 valence electrons. The number of carbonyl (C=O) groups excluding carboxylic acids is 4. The molecule has 4 amide bonds. The Morgan fingerprint density at radius 2 is 1.75 bits per heavy atom. The van der Waals surface area contributed by atoms with E-state index in [0.29, 0.717) is 12.1 Å². The lowest BCUT2D eigenvalue weighted by molar-refractivity contribution is -0.147. The number of nitrogens with one attached hydrogen (secondary N) is 3. The number of benzene rings is 1. The third-order valence-electron chi connectivity index (χ3n) is 3.12. The van der Waals surface area contributed by atoms with Crippen LogP contribution in [0.2, 0.25) is 0 Å². The largest absolute Gasteiger partial charge is 0.454 e. The maximum Gasteiger partial charge on any atom is 0.325 e. The number of imide groups is 1. The van der Waals surface area contributed by atoms with Gasteiger partial charge in [0.1, 0.15) is 6.54 Å². The van der Waals surface area contributed by atoms with Crippen molar-refractivity contribution in [3.05, 3.63) is 34.9 Å². The molecule has 0 saturated carbocycles. The summed E-state index contributed by atoms with van der Waals surface area (Å²) in [6, 6.07) is 4.52. The van der Waals surface area contributed by atoms with Crippen molar-refractivity contribution in [2.24, 2.45) is 0 Å². The first kappa shape index (κ1) is 19.1. The van der Waals surface area contributed by atoms with Crippen molar-refractivity contribution in [1.82, 2.24) is 16.0 Å². The van der Waals surface area contributed by atoms with Crippen LogP contribution in [0, 0.1) is 13.8 Å². The van der Waals surface area contributed by atoms with Crippen molar-refractivity contribution < 1.29 is 23.9 Å². The first-order valence-corrected chi connectivity index (χ1v) is 7.42. The van der Waals surface area contributed by atoms with Crippen LogP contribution in [0.25, 0.3) is 0 Å². The fourth-order valence-electron chi connectivity index (χ4n) is 1.70. The Hall–Kier alpha value is -2.90. The van der Waals surface area contributed by atoms with E-state index in [0.717, 1.165) is 11.1 Å². The zero-order valence-electron chi connectivity index (χ0n) is 13.9. The van der Waals surface area contributed by atoms with Gasteiger partial charge in [-0.3, -0.25) is 19.7 Å². The minimum absolute atomic E-state index is 0.365. The fraction of sp³-hybridized carbons (Fsp3) is 0.375. The molecule has 8 heteroatoms. The van der Waals surface area contributed by atoms with Crippen LogP contribution in [0.5, 0.6) is 0 Å². The Balaban J connectivity index is 2.35. The van der Waals surface area contributed by atoms with E-state index in [2.05, 4.69) is 15.4 Å². The van der Waals surface area contributed by atoms with Gasteiger partial charge in [-0.25, -0.2) is 4.79 Å². The first-order chi connectivity index (χ1) is 11.3. The molecule has 0 fully saturated rings. The third kappa shape index (κ3) is 6.47. The van der Waals surface area contributed by atoms with E-state index in [1.165, 1.54) is 0 Å². The number of carbonyl (C=O) groups is 4. The molecule has 0 spiro atoms. The van der Waals surface area contributed by atoms with Crippen LogP contribution in [0.1, 0.15) is 28.4 Å². The summed E-state index contributed by atoms with van der Waals surface area (Å²) in [5.41, 5.74) is 2.45. The predicted octanol–water partition coefficient (Wildman–Crippen LogP) is 0.422. The van der Waals surface area contributed by atoms with Crippen LogP contribution < -0.4 is 16.0 Å². The van der Waals surface area contributed by atoms with Gasteiger partial charge < -0.3 is 15.4 Å². The summed E-state index contributed by atoms with van der Waals surface area (Å²) in [4.78, 5) is 45.8. The topological polar surface area (TPSA) is 114 Å². The summed E-state index contributed by atoms with van der Waals surface area (Å²) in [5, 5.41) is 6.75. The summed E-state index contributed by atoms with van der Waals surface area (Å²) in [6.45, 7) is 4.90. The van der Waals surface area contributed by atoms with Gasteiger partial charge in [0.25, 0.3) is 11.8 Å². The minimum atomic E-state index is -0.779. The second kappa shape index (κ2) is 9.29. The SMILES string of the molecule is CCNC(=O)NC(=O)COC(=O)CNC(=O)c1ccc(C)c(C)c1. The van der Waals surface area contributed by atoms with E-state index < -0.39 is 30.4 Å². The number of amides is 4. The van der Waals surface area contributed by atoms with E-state index in [4.69, 9.17) is 0 Å². The lowest BCUT2D eigenvalue weighted by atomic mass is 10.1. The first-order valence-electron chi connectivity index (χ1n) is 7.42. The Kier molecular flexibility index (Phi) is 7.41. The van der Waals surface area contributed by atoms with Crippen molar-refractivity contribution in [3.63, 3.8) is 0 Å². The Labute approximate surface area is 139 Å². The maximum absolute atomic E-state index is 11.9. The molecule has 0 saturated heterocycles. The second-order valence-corrected chi connectivity index (χ2v) is 5.05. The van der Waals surface area contributed by atoms with Crippen molar-refractivity contribution in [2.75, 3.05) is 19.7 Å². The van der Waals surface area contributed by atoms with Crippen molar-refractivity contribution in [3.8, 4) is 0 Å². The fourth-order valence-corrected chi connectivity index (χ4v) is 1.70. The molecule has 1 aromatic rings. The van der Waals surface area contributed by atoms with Crippen LogP contribution in [-0.2, 0) is 14.3 Å². The molecule has 3 N–H and O–H groups in total. The maximum atomic E-state index is 11.9. The molecule has 0 unspecified atom stereocenters. The molecule has 0 aliphatic carbocycles. The van der Waals surface area contributed by atoms with Crippen molar-refractivity contribution >= 4 is 23.8 Å². The highest BCUT2D eigenvalue weighted by molar-refractivity contribution is 5.97. The molecular formula is C16H21N3O5. The summed E-state index contributed by atoms with van der Waals surface area (Å²) < 4.78 is 4.67. The molecule has 1 aromatic carbocycles. The molecule has 0 radical (unpaired) electrons. The van der Waals surface area contributed by atoms with Gasteiger partial charge in [0.05, 0.1) is 0 Å². The van der Waals surface area contributed by atoms with Crippen LogP contribution >= 0.6 is 0 Å². The molecule has 0 aliphatic rings. The van der Waals surface area contributed by atoms with Gasteiger partial charge in [0.15, 0.2) is 6.61 Å². The number of aryl methyl sites for hydroxylation is 2. The van der Waals surface area contributed by atoms with E-state index in [9.17, 15) is 19.2 Å². The quantitative estimate of drug-likeness (QED) is 0.652. The number of ether oxygens (including phenoxy) is 1. The van der Waals surface area contributed by atoms with E-state index in [1.54, 1.807) is 19.1 Å². The summed E-state index contributed by atoms with van der Waals surface area (Å²) in [5.74, 6) is -1.95. The van der Waals surface area contributed by atoms with Gasteiger partial charge in [-0.05, 0) is 44.0 Å². The van der Waals surface area contributed by atoms with E-state index in [-0.39, 0.29) is 6.54 Å². The third-order valence-corrected chi connectivity index (χ3v) is 3.12. The Morgan fingerprint density at radius 3 is 2.38 bits per heavy atom. The molecule has 0 atom stereocenters. The summed E-state index contributed by atoms with van der Waals surface area (Å²) in [7, 11) is 0. The van der Waals surface area contributed by atoms with E-state index >= 15 is 0 Å². The minimum Gasteiger partial charge on any atom is -0.454 e. The van der Waals surface area contributed by atoms with Crippen LogP contribution in [0.4, 0.5) is 4.79 Å². The van der Waals surface area contributed by atoms with Gasteiger partial charge in [-0.1, -0.05) is 6.07 Å². The van der Waals surface area contributed by atoms with Gasteiger partial charge in [-0.2, -0.15) is 0 Å². The van der Waals surface area contributed by atoms with Crippen LogP contribution in [-0.4, -0.2) is 43.5 Å². The van der Waals surface area contributed by atoms with Crippen LogP contribution in [0.15, 0.2) is 18.2 Å². The lowest BCUT2D eigenvalue weighted by Crippen LogP contribution is -2.41. The molecule has 0 bridgehead atoms.